The molecule has 10 nitrogen and oxygen atoms in total. The molecule has 0 aromatic heterocycles. The van der Waals surface area contributed by atoms with Crippen LogP contribution in [0.4, 0.5) is 0 Å². The van der Waals surface area contributed by atoms with Gasteiger partial charge >= 0.3 is 0 Å². The Morgan fingerprint density at radius 3 is 2.71 bits per heavy atom. The normalized spacial score (nSPS) is 37.2. The molecular formula is C27H42ClN9O. The molecule has 11 heteroatoms. The molecule has 1 saturated heterocycles. The molecule has 6 rings (SSSR count). The second kappa shape index (κ2) is 11.1. The number of amidine groups is 1. The molecule has 7 unspecified atom stereocenters. The number of rotatable bonds is 5. The van der Waals surface area contributed by atoms with Crippen LogP contribution in [0.2, 0.25) is 0 Å². The van der Waals surface area contributed by atoms with E-state index in [1.165, 1.54) is 0 Å². The quantitative estimate of drug-likeness (QED) is 0.511. The Kier molecular flexibility index (Phi) is 7.62. The number of amides is 1. The molecule has 3 fully saturated rings. The minimum Gasteiger partial charge on any atom is -0.365 e. The number of hydrogen-bond acceptors (Lipinski definition) is 9. The Labute approximate surface area is 231 Å². The Bertz CT molecular complexity index is 1000. The van der Waals surface area contributed by atoms with Crippen LogP contribution in [0, 0.1) is 17.8 Å². The molecule has 1 amide bonds. The number of aliphatic imine (C=N–C) groups is 4. The van der Waals surface area contributed by atoms with E-state index in [0.717, 1.165) is 89.5 Å². The summed E-state index contributed by atoms with van der Waals surface area (Å²) < 4.78 is 0. The van der Waals surface area contributed by atoms with Crippen molar-refractivity contribution in [3.63, 3.8) is 0 Å². The van der Waals surface area contributed by atoms with Crippen LogP contribution < -0.4 is 10.6 Å². The van der Waals surface area contributed by atoms with Gasteiger partial charge < -0.3 is 20.4 Å². The number of nitrogens with one attached hydrogen (secondary N) is 2. The van der Waals surface area contributed by atoms with Gasteiger partial charge in [0, 0.05) is 59.0 Å². The van der Waals surface area contributed by atoms with Gasteiger partial charge in [-0.2, -0.15) is 0 Å². The SMILES string of the molecule is CN(C)C1=NC=NC(C2CCC3N=C(NC4CC(CN5CCN(C(=O)C6CC6)CC5)CC=N4)NC3C2)C1Cl. The van der Waals surface area contributed by atoms with Gasteiger partial charge in [0.1, 0.15) is 23.7 Å². The summed E-state index contributed by atoms with van der Waals surface area (Å²) in [6, 6.07) is 0.675. The van der Waals surface area contributed by atoms with E-state index in [9.17, 15) is 4.79 Å². The summed E-state index contributed by atoms with van der Waals surface area (Å²) in [5.41, 5.74) is 0. The van der Waals surface area contributed by atoms with Gasteiger partial charge in [0.2, 0.25) is 5.91 Å². The van der Waals surface area contributed by atoms with Gasteiger partial charge in [-0.15, -0.1) is 11.6 Å². The molecule has 0 spiro atoms. The van der Waals surface area contributed by atoms with E-state index in [4.69, 9.17) is 21.6 Å². The fourth-order valence-electron chi connectivity index (χ4n) is 6.77. The highest BCUT2D eigenvalue weighted by Crippen LogP contribution is 2.36. The summed E-state index contributed by atoms with van der Waals surface area (Å²) >= 11 is 6.81. The van der Waals surface area contributed by atoms with Gasteiger partial charge in [-0.3, -0.25) is 19.7 Å². The average Bonchev–Trinajstić information content (AvgIpc) is 3.69. The summed E-state index contributed by atoms with van der Waals surface area (Å²) in [5.74, 6) is 3.48. The van der Waals surface area contributed by atoms with Crippen molar-refractivity contribution in [1.82, 2.24) is 25.3 Å². The predicted octanol–water partition coefficient (Wildman–Crippen LogP) is 1.41. The van der Waals surface area contributed by atoms with Gasteiger partial charge in [-0.05, 0) is 56.8 Å². The summed E-state index contributed by atoms with van der Waals surface area (Å²) in [4.78, 5) is 37.8. The Hall–Kier alpha value is -2.20. The minimum atomic E-state index is -0.188. The van der Waals surface area contributed by atoms with Crippen LogP contribution in [0.25, 0.3) is 0 Å². The lowest BCUT2D eigenvalue weighted by Gasteiger charge is -2.37. The molecule has 208 valence electrons. The van der Waals surface area contributed by atoms with Crippen LogP contribution in [0.5, 0.6) is 0 Å². The first-order chi connectivity index (χ1) is 18.4. The monoisotopic (exact) mass is 543 g/mol. The third-order valence-corrected chi connectivity index (χ3v) is 9.55. The van der Waals surface area contributed by atoms with Gasteiger partial charge in [-0.1, -0.05) is 0 Å². The average molecular weight is 544 g/mol. The van der Waals surface area contributed by atoms with E-state index in [2.05, 4.69) is 36.6 Å². The highest BCUT2D eigenvalue weighted by Gasteiger charge is 2.42. The number of carbonyl (C=O) groups excluding carboxylic acids is 1. The van der Waals surface area contributed by atoms with Crippen molar-refractivity contribution in [2.45, 2.75) is 74.6 Å². The second-order valence-corrected chi connectivity index (χ2v) is 12.6. The summed E-state index contributed by atoms with van der Waals surface area (Å²) in [6.45, 7) is 4.80. The Morgan fingerprint density at radius 1 is 1.13 bits per heavy atom. The molecule has 2 saturated carbocycles. The van der Waals surface area contributed by atoms with E-state index < -0.39 is 0 Å². The van der Waals surface area contributed by atoms with Crippen LogP contribution in [0.1, 0.15) is 44.9 Å². The zero-order valence-corrected chi connectivity index (χ0v) is 23.4. The summed E-state index contributed by atoms with van der Waals surface area (Å²) in [6.07, 6.45) is 11.2. The first-order valence-corrected chi connectivity index (χ1v) is 14.9. The first-order valence-electron chi connectivity index (χ1n) is 14.5. The first kappa shape index (κ1) is 26.0. The standard InChI is InChI=1S/C27H42ClN9O/c1-35(2)25-23(28)24(30-16-31-25)19-5-6-20-21(14-19)33-27(32-20)34-22-13-17(7-8-29-22)15-36-9-11-37(12-10-36)26(38)18-3-4-18/h8,16-24H,3-7,9-15H2,1-2H3,(H2,32,33,34). The number of piperazine rings is 1. The van der Waals surface area contributed by atoms with Crippen LogP contribution in [0.3, 0.4) is 0 Å². The molecule has 0 bridgehead atoms. The fourth-order valence-corrected chi connectivity index (χ4v) is 7.30. The van der Waals surface area contributed by atoms with E-state index in [1.54, 1.807) is 6.34 Å². The molecular weight excluding hydrogens is 502 g/mol. The molecule has 38 heavy (non-hydrogen) atoms. The third-order valence-electron chi connectivity index (χ3n) is 9.10. The Morgan fingerprint density at radius 2 is 1.95 bits per heavy atom. The molecule has 4 heterocycles. The van der Waals surface area contributed by atoms with E-state index in [-0.39, 0.29) is 17.6 Å². The van der Waals surface area contributed by atoms with Crippen LogP contribution in [0.15, 0.2) is 20.0 Å². The minimum absolute atomic E-state index is 0.0581. The van der Waals surface area contributed by atoms with Crippen molar-refractivity contribution in [2.75, 3.05) is 46.8 Å². The van der Waals surface area contributed by atoms with Crippen molar-refractivity contribution in [3.05, 3.63) is 0 Å². The fraction of sp³-hybridized carbons (Fsp3) is 0.815. The van der Waals surface area contributed by atoms with E-state index >= 15 is 0 Å². The number of fused-ring (bicyclic) bond motifs is 1. The maximum Gasteiger partial charge on any atom is 0.225 e. The van der Waals surface area contributed by atoms with Crippen molar-refractivity contribution < 1.29 is 4.79 Å². The smallest absolute Gasteiger partial charge is 0.225 e. The lowest BCUT2D eigenvalue weighted by atomic mass is 9.78. The number of alkyl halides is 1. The summed E-state index contributed by atoms with van der Waals surface area (Å²) in [7, 11) is 3.98. The number of nitrogens with zero attached hydrogens (tertiary/aromatic N) is 7. The highest BCUT2D eigenvalue weighted by atomic mass is 35.5. The van der Waals surface area contributed by atoms with Crippen molar-refractivity contribution in [1.29, 1.82) is 0 Å². The molecule has 7 atom stereocenters. The Balaban J connectivity index is 0.961. The molecule has 2 N–H and O–H groups in total. The number of guanidine groups is 1. The van der Waals surface area contributed by atoms with Crippen LogP contribution >= 0.6 is 11.6 Å². The third kappa shape index (κ3) is 5.71. The van der Waals surface area contributed by atoms with Gasteiger partial charge in [0.05, 0.1) is 18.1 Å². The van der Waals surface area contributed by atoms with Gasteiger partial charge in [-0.25, -0.2) is 9.98 Å². The van der Waals surface area contributed by atoms with Gasteiger partial charge in [0.15, 0.2) is 5.96 Å². The molecule has 6 aliphatic rings. The zero-order valence-electron chi connectivity index (χ0n) is 22.7. The van der Waals surface area contributed by atoms with Crippen molar-refractivity contribution in [3.8, 4) is 0 Å². The largest absolute Gasteiger partial charge is 0.365 e. The lowest BCUT2D eigenvalue weighted by Crippen LogP contribution is -2.51. The lowest BCUT2D eigenvalue weighted by molar-refractivity contribution is -0.134. The van der Waals surface area contributed by atoms with Crippen molar-refractivity contribution >= 4 is 41.9 Å². The number of hydrogen-bond donors (Lipinski definition) is 2. The number of halogens is 1. The van der Waals surface area contributed by atoms with Crippen LogP contribution in [-0.4, -0.2) is 121 Å². The molecule has 2 aliphatic carbocycles. The van der Waals surface area contributed by atoms with E-state index in [1.807, 2.05) is 19.0 Å². The number of carbonyl (C=O) groups is 1. The van der Waals surface area contributed by atoms with Crippen LogP contribution in [-0.2, 0) is 4.79 Å². The maximum atomic E-state index is 12.4. The zero-order chi connectivity index (χ0) is 26.2. The van der Waals surface area contributed by atoms with Gasteiger partial charge in [0.25, 0.3) is 0 Å². The predicted molar refractivity (Wildman–Crippen MR) is 152 cm³/mol. The molecule has 0 aromatic carbocycles. The maximum absolute atomic E-state index is 12.4. The molecule has 0 aromatic rings. The molecule has 4 aliphatic heterocycles. The summed E-state index contributed by atoms with van der Waals surface area (Å²) in [5, 5.41) is 7.07. The topological polar surface area (TPSA) is 100 Å². The second-order valence-electron chi connectivity index (χ2n) is 12.1. The highest BCUT2D eigenvalue weighted by molar-refractivity contribution is 6.33. The van der Waals surface area contributed by atoms with E-state index in [0.29, 0.717) is 35.7 Å². The van der Waals surface area contributed by atoms with Crippen molar-refractivity contribution in [2.24, 2.45) is 37.7 Å². The molecule has 0 radical (unpaired) electrons.